The van der Waals surface area contributed by atoms with Crippen molar-refractivity contribution in [3.8, 4) is 0 Å². The van der Waals surface area contributed by atoms with Crippen LogP contribution in [0.4, 0.5) is 0 Å². The molecule has 1 rings (SSSR count). The average molecular weight is 229 g/mol. The molecule has 0 saturated carbocycles. The fourth-order valence-electron chi connectivity index (χ4n) is 2.80. The molecular weight excluding hydrogens is 202 g/mol. The molecule has 3 nitrogen and oxygen atoms in total. The molecule has 0 spiro atoms. The lowest BCUT2D eigenvalue weighted by atomic mass is 9.77. The molecule has 0 aromatic rings. The van der Waals surface area contributed by atoms with Crippen LogP contribution in [0.25, 0.3) is 0 Å². The third-order valence-electron chi connectivity index (χ3n) is 3.94. The third kappa shape index (κ3) is 2.96. The summed E-state index contributed by atoms with van der Waals surface area (Å²) in [6, 6.07) is 0.145. The van der Waals surface area contributed by atoms with Gasteiger partial charge in [0.1, 0.15) is 0 Å². The van der Waals surface area contributed by atoms with Gasteiger partial charge in [0.25, 0.3) is 0 Å². The SMILES string of the molecule is CCOC1(C(N)C(CC)CC)CCOCC1. The molecule has 1 aliphatic rings. The Kier molecular flexibility index (Phi) is 5.73. The molecule has 0 aliphatic carbocycles. The van der Waals surface area contributed by atoms with Crippen LogP contribution in [-0.4, -0.2) is 31.5 Å². The van der Waals surface area contributed by atoms with Crippen LogP contribution < -0.4 is 5.73 Å². The molecule has 1 unspecified atom stereocenters. The number of hydrogen-bond donors (Lipinski definition) is 1. The van der Waals surface area contributed by atoms with Crippen molar-refractivity contribution in [2.24, 2.45) is 11.7 Å². The maximum atomic E-state index is 6.45. The van der Waals surface area contributed by atoms with Crippen molar-refractivity contribution < 1.29 is 9.47 Å². The standard InChI is InChI=1S/C13H27NO2/c1-4-11(5-2)12(14)13(16-6-3)7-9-15-10-8-13/h11-12H,4-10,14H2,1-3H3. The molecule has 0 bridgehead atoms. The third-order valence-corrected chi connectivity index (χ3v) is 3.94. The van der Waals surface area contributed by atoms with Crippen LogP contribution in [0.2, 0.25) is 0 Å². The second-order valence-corrected chi connectivity index (χ2v) is 4.71. The predicted molar refractivity (Wildman–Crippen MR) is 66.5 cm³/mol. The molecule has 2 N–H and O–H groups in total. The summed E-state index contributed by atoms with van der Waals surface area (Å²) < 4.78 is 11.4. The summed E-state index contributed by atoms with van der Waals surface area (Å²) in [5.74, 6) is 0.560. The Bertz CT molecular complexity index is 181. The van der Waals surface area contributed by atoms with E-state index in [4.69, 9.17) is 15.2 Å². The van der Waals surface area contributed by atoms with E-state index in [2.05, 4.69) is 20.8 Å². The Morgan fingerprint density at radius 1 is 1.19 bits per heavy atom. The van der Waals surface area contributed by atoms with Gasteiger partial charge in [-0.15, -0.1) is 0 Å². The van der Waals surface area contributed by atoms with Gasteiger partial charge in [-0.3, -0.25) is 0 Å². The van der Waals surface area contributed by atoms with E-state index in [0.29, 0.717) is 5.92 Å². The van der Waals surface area contributed by atoms with Crippen molar-refractivity contribution >= 4 is 0 Å². The molecule has 1 fully saturated rings. The first-order chi connectivity index (χ1) is 7.70. The highest BCUT2D eigenvalue weighted by Crippen LogP contribution is 2.33. The second kappa shape index (κ2) is 6.58. The topological polar surface area (TPSA) is 44.5 Å². The summed E-state index contributed by atoms with van der Waals surface area (Å²) in [5, 5.41) is 0. The van der Waals surface area contributed by atoms with Gasteiger partial charge in [0.05, 0.1) is 5.60 Å². The van der Waals surface area contributed by atoms with Gasteiger partial charge in [0.15, 0.2) is 0 Å². The fourth-order valence-corrected chi connectivity index (χ4v) is 2.80. The van der Waals surface area contributed by atoms with E-state index in [1.807, 2.05) is 0 Å². The van der Waals surface area contributed by atoms with Crippen LogP contribution in [0.1, 0.15) is 46.5 Å². The highest BCUT2D eigenvalue weighted by molar-refractivity contribution is 4.96. The Labute approximate surface area is 99.7 Å². The maximum absolute atomic E-state index is 6.45. The van der Waals surface area contributed by atoms with Gasteiger partial charge in [-0.25, -0.2) is 0 Å². The zero-order valence-corrected chi connectivity index (χ0v) is 11.0. The van der Waals surface area contributed by atoms with E-state index >= 15 is 0 Å². The van der Waals surface area contributed by atoms with Gasteiger partial charge < -0.3 is 15.2 Å². The van der Waals surface area contributed by atoms with Crippen molar-refractivity contribution in [2.45, 2.75) is 58.1 Å². The molecule has 0 amide bonds. The van der Waals surface area contributed by atoms with E-state index in [1.54, 1.807) is 0 Å². The van der Waals surface area contributed by atoms with E-state index in [0.717, 1.165) is 45.5 Å². The van der Waals surface area contributed by atoms with Crippen molar-refractivity contribution in [3.05, 3.63) is 0 Å². The molecule has 1 heterocycles. The zero-order valence-electron chi connectivity index (χ0n) is 11.0. The summed E-state index contributed by atoms with van der Waals surface area (Å²) in [4.78, 5) is 0. The lowest BCUT2D eigenvalue weighted by Gasteiger charge is -2.44. The molecule has 3 heteroatoms. The van der Waals surface area contributed by atoms with Crippen LogP contribution in [0, 0.1) is 5.92 Å². The van der Waals surface area contributed by atoms with Gasteiger partial charge in [-0.2, -0.15) is 0 Å². The summed E-state index contributed by atoms with van der Waals surface area (Å²) in [6.45, 7) is 8.80. The minimum atomic E-state index is -0.135. The first-order valence-corrected chi connectivity index (χ1v) is 6.67. The van der Waals surface area contributed by atoms with Crippen LogP contribution in [0.15, 0.2) is 0 Å². The Morgan fingerprint density at radius 3 is 2.19 bits per heavy atom. The second-order valence-electron chi connectivity index (χ2n) is 4.71. The van der Waals surface area contributed by atoms with Gasteiger partial charge in [0, 0.05) is 38.7 Å². The number of hydrogen-bond acceptors (Lipinski definition) is 3. The summed E-state index contributed by atoms with van der Waals surface area (Å²) in [7, 11) is 0. The monoisotopic (exact) mass is 229 g/mol. The van der Waals surface area contributed by atoms with Crippen LogP contribution in [0.3, 0.4) is 0 Å². The largest absolute Gasteiger partial charge is 0.381 e. The first-order valence-electron chi connectivity index (χ1n) is 6.67. The quantitative estimate of drug-likeness (QED) is 0.760. The molecule has 96 valence electrons. The average Bonchev–Trinajstić information content (AvgIpc) is 2.32. The Balaban J connectivity index is 2.73. The van der Waals surface area contributed by atoms with Crippen LogP contribution in [0.5, 0.6) is 0 Å². The molecule has 1 saturated heterocycles. The summed E-state index contributed by atoms with van der Waals surface area (Å²) in [6.07, 6.45) is 4.15. The van der Waals surface area contributed by atoms with Crippen LogP contribution in [-0.2, 0) is 9.47 Å². The molecule has 0 aromatic heterocycles. The van der Waals surface area contributed by atoms with Gasteiger partial charge >= 0.3 is 0 Å². The van der Waals surface area contributed by atoms with Crippen molar-refractivity contribution in [1.29, 1.82) is 0 Å². The Hall–Kier alpha value is -0.120. The zero-order chi connectivity index (χ0) is 12.0. The van der Waals surface area contributed by atoms with Crippen LogP contribution >= 0.6 is 0 Å². The fraction of sp³-hybridized carbons (Fsp3) is 1.00. The Morgan fingerprint density at radius 2 is 1.75 bits per heavy atom. The van der Waals surface area contributed by atoms with E-state index < -0.39 is 0 Å². The summed E-state index contributed by atoms with van der Waals surface area (Å²) in [5.41, 5.74) is 6.32. The molecule has 1 atom stereocenters. The van der Waals surface area contributed by atoms with E-state index in [-0.39, 0.29) is 11.6 Å². The highest BCUT2D eigenvalue weighted by atomic mass is 16.5. The van der Waals surface area contributed by atoms with Crippen molar-refractivity contribution in [2.75, 3.05) is 19.8 Å². The number of rotatable bonds is 6. The molecule has 1 aliphatic heterocycles. The molecule has 0 radical (unpaired) electrons. The number of ether oxygens (including phenoxy) is 2. The first kappa shape index (κ1) is 13.9. The van der Waals surface area contributed by atoms with Gasteiger partial charge in [-0.1, -0.05) is 26.7 Å². The van der Waals surface area contributed by atoms with Gasteiger partial charge in [-0.05, 0) is 12.8 Å². The lowest BCUT2D eigenvalue weighted by Crippen LogP contribution is -2.56. The molecular formula is C13H27NO2. The van der Waals surface area contributed by atoms with Gasteiger partial charge in [0.2, 0.25) is 0 Å². The van der Waals surface area contributed by atoms with E-state index in [1.165, 1.54) is 0 Å². The highest BCUT2D eigenvalue weighted by Gasteiger charge is 2.41. The molecule has 0 aromatic carbocycles. The minimum absolute atomic E-state index is 0.135. The molecule has 16 heavy (non-hydrogen) atoms. The van der Waals surface area contributed by atoms with E-state index in [9.17, 15) is 0 Å². The predicted octanol–water partition coefficient (Wildman–Crippen LogP) is 2.34. The lowest BCUT2D eigenvalue weighted by molar-refractivity contribution is -0.129. The number of nitrogens with two attached hydrogens (primary N) is 1. The maximum Gasteiger partial charge on any atom is 0.0878 e. The smallest absolute Gasteiger partial charge is 0.0878 e. The van der Waals surface area contributed by atoms with Crippen molar-refractivity contribution in [1.82, 2.24) is 0 Å². The summed E-state index contributed by atoms with van der Waals surface area (Å²) >= 11 is 0. The normalized spacial score (nSPS) is 22.3. The minimum Gasteiger partial charge on any atom is -0.381 e. The van der Waals surface area contributed by atoms with Crippen molar-refractivity contribution in [3.63, 3.8) is 0 Å².